The minimum Gasteiger partial charge on any atom is -0.381 e. The fourth-order valence-corrected chi connectivity index (χ4v) is 5.91. The standard InChI is InChI=1S/C29H39N5O3/c1-29(2)13-12-22-25(16-29)31-32-27(22)24-14-19-6-9-20(15-23(19)30-24)34(4)26(35)17-33(3)28(36)18-7-10-21(37-5)11-8-18/h6,9,14-15,18,21,30H,7-8,10-13,16-17H2,1-5H3,(H,31,32)/t18-,21+. The van der Waals surface area contributed by atoms with Crippen molar-refractivity contribution < 1.29 is 14.3 Å². The zero-order chi connectivity index (χ0) is 26.3. The maximum atomic E-state index is 13.1. The van der Waals surface area contributed by atoms with Gasteiger partial charge in [-0.1, -0.05) is 19.9 Å². The van der Waals surface area contributed by atoms with Gasteiger partial charge in [0.15, 0.2) is 0 Å². The van der Waals surface area contributed by atoms with Gasteiger partial charge < -0.3 is 19.5 Å². The Hall–Kier alpha value is -3.13. The van der Waals surface area contributed by atoms with Crippen molar-refractivity contribution in [1.29, 1.82) is 0 Å². The molecule has 2 aliphatic carbocycles. The lowest BCUT2D eigenvalue weighted by atomic mass is 9.76. The van der Waals surface area contributed by atoms with Gasteiger partial charge in [-0.2, -0.15) is 5.10 Å². The van der Waals surface area contributed by atoms with Crippen molar-refractivity contribution in [2.75, 3.05) is 32.6 Å². The first-order valence-electron chi connectivity index (χ1n) is 13.4. The van der Waals surface area contributed by atoms with E-state index in [1.807, 2.05) is 18.2 Å². The third-order valence-corrected chi connectivity index (χ3v) is 8.39. The Morgan fingerprint density at radius 1 is 1.14 bits per heavy atom. The molecule has 0 atom stereocenters. The zero-order valence-electron chi connectivity index (χ0n) is 22.7. The molecule has 1 fully saturated rings. The van der Waals surface area contributed by atoms with Gasteiger partial charge in [0.2, 0.25) is 11.8 Å². The number of aromatic nitrogens is 3. The molecule has 1 saturated carbocycles. The summed E-state index contributed by atoms with van der Waals surface area (Å²) < 4.78 is 5.42. The number of methoxy groups -OCH3 is 1. The van der Waals surface area contributed by atoms with E-state index < -0.39 is 0 Å². The number of carbonyl (C=O) groups excluding carboxylic acids is 2. The van der Waals surface area contributed by atoms with Crippen molar-refractivity contribution in [2.24, 2.45) is 11.3 Å². The van der Waals surface area contributed by atoms with E-state index in [-0.39, 0.29) is 30.4 Å². The van der Waals surface area contributed by atoms with Gasteiger partial charge in [-0.25, -0.2) is 0 Å². The van der Waals surface area contributed by atoms with E-state index in [0.717, 1.165) is 72.9 Å². The Balaban J connectivity index is 1.27. The Morgan fingerprint density at radius 3 is 2.62 bits per heavy atom. The van der Waals surface area contributed by atoms with E-state index >= 15 is 0 Å². The van der Waals surface area contributed by atoms with E-state index in [0.29, 0.717) is 5.41 Å². The summed E-state index contributed by atoms with van der Waals surface area (Å²) in [6.45, 7) is 4.67. The summed E-state index contributed by atoms with van der Waals surface area (Å²) in [5, 5.41) is 8.99. The van der Waals surface area contributed by atoms with E-state index in [1.54, 1.807) is 31.0 Å². The number of rotatable bonds is 6. The lowest BCUT2D eigenvalue weighted by Gasteiger charge is -2.30. The van der Waals surface area contributed by atoms with Crippen LogP contribution < -0.4 is 4.90 Å². The summed E-state index contributed by atoms with van der Waals surface area (Å²) in [7, 11) is 5.22. The predicted octanol–water partition coefficient (Wildman–Crippen LogP) is 4.70. The van der Waals surface area contributed by atoms with E-state index in [1.165, 1.54) is 11.3 Å². The second-order valence-corrected chi connectivity index (χ2v) is 11.7. The third-order valence-electron chi connectivity index (χ3n) is 8.39. The van der Waals surface area contributed by atoms with Crippen molar-refractivity contribution in [1.82, 2.24) is 20.1 Å². The molecule has 0 aliphatic heterocycles. The first-order valence-corrected chi connectivity index (χ1v) is 13.4. The lowest BCUT2D eigenvalue weighted by Crippen LogP contribution is -2.42. The van der Waals surface area contributed by atoms with Crippen LogP contribution in [0, 0.1) is 11.3 Å². The summed E-state index contributed by atoms with van der Waals surface area (Å²) in [5.74, 6) is -0.0925. The molecule has 0 spiro atoms. The minimum absolute atomic E-state index is 0.0259. The number of nitrogens with zero attached hydrogens (tertiary/aromatic N) is 3. The topological polar surface area (TPSA) is 94.3 Å². The molecule has 0 unspecified atom stereocenters. The number of anilines is 1. The number of hydrogen-bond donors (Lipinski definition) is 2. The smallest absolute Gasteiger partial charge is 0.246 e. The second-order valence-electron chi connectivity index (χ2n) is 11.7. The number of benzene rings is 1. The molecule has 2 N–H and O–H groups in total. The number of nitrogens with one attached hydrogen (secondary N) is 2. The average molecular weight is 506 g/mol. The summed E-state index contributed by atoms with van der Waals surface area (Å²) in [6, 6.07) is 8.10. The highest BCUT2D eigenvalue weighted by atomic mass is 16.5. The van der Waals surface area contributed by atoms with Gasteiger partial charge in [0, 0.05) is 55.0 Å². The monoisotopic (exact) mass is 505 g/mol. The Kier molecular flexibility index (Phi) is 6.88. The summed E-state index contributed by atoms with van der Waals surface area (Å²) in [5.41, 5.74) is 6.57. The Morgan fingerprint density at radius 2 is 1.89 bits per heavy atom. The third kappa shape index (κ3) is 5.17. The second kappa shape index (κ2) is 9.97. The molecule has 3 aromatic rings. The average Bonchev–Trinajstić information content (AvgIpc) is 3.49. The molecule has 2 aromatic heterocycles. The van der Waals surface area contributed by atoms with Gasteiger partial charge in [-0.15, -0.1) is 0 Å². The Bertz CT molecular complexity index is 1300. The summed E-state index contributed by atoms with van der Waals surface area (Å²) >= 11 is 0. The van der Waals surface area contributed by atoms with Crippen LogP contribution in [0.4, 0.5) is 5.69 Å². The number of H-pyrrole nitrogens is 2. The van der Waals surface area contributed by atoms with Crippen molar-refractivity contribution in [3.8, 4) is 11.4 Å². The van der Waals surface area contributed by atoms with E-state index in [4.69, 9.17) is 4.74 Å². The predicted molar refractivity (Wildman–Crippen MR) is 145 cm³/mol. The van der Waals surface area contributed by atoms with Crippen LogP contribution >= 0.6 is 0 Å². The first kappa shape index (κ1) is 25.5. The molecule has 37 heavy (non-hydrogen) atoms. The lowest BCUT2D eigenvalue weighted by molar-refractivity contribution is -0.139. The molecule has 0 radical (unpaired) electrons. The van der Waals surface area contributed by atoms with Gasteiger partial charge >= 0.3 is 0 Å². The number of ether oxygens (including phenoxy) is 1. The quantitative estimate of drug-likeness (QED) is 0.508. The molecule has 2 amide bonds. The van der Waals surface area contributed by atoms with Crippen LogP contribution in [0.3, 0.4) is 0 Å². The normalized spacial score (nSPS) is 21.0. The largest absolute Gasteiger partial charge is 0.381 e. The zero-order valence-corrected chi connectivity index (χ0v) is 22.7. The van der Waals surface area contributed by atoms with Crippen molar-refractivity contribution in [3.05, 3.63) is 35.5 Å². The number of hydrogen-bond acceptors (Lipinski definition) is 4. The number of aromatic amines is 2. The summed E-state index contributed by atoms with van der Waals surface area (Å²) in [4.78, 5) is 32.7. The number of carbonyl (C=O) groups is 2. The number of fused-ring (bicyclic) bond motifs is 2. The van der Waals surface area contributed by atoms with Gasteiger partial charge in [0.05, 0.1) is 18.3 Å². The SMILES string of the molecule is CO[C@H]1CC[C@@H](C(=O)N(C)CC(=O)N(C)c2ccc3cc(-c4n[nH]c5c4CCC(C)(C)C5)[nH]c3c2)CC1. The van der Waals surface area contributed by atoms with Crippen LogP contribution in [-0.4, -0.2) is 65.7 Å². The number of amides is 2. The van der Waals surface area contributed by atoms with Crippen LogP contribution in [0.15, 0.2) is 24.3 Å². The molecule has 5 rings (SSSR count). The molecule has 8 heteroatoms. The highest BCUT2D eigenvalue weighted by Gasteiger charge is 2.31. The molecule has 2 heterocycles. The van der Waals surface area contributed by atoms with Crippen LogP contribution in [-0.2, 0) is 27.2 Å². The molecule has 8 nitrogen and oxygen atoms in total. The van der Waals surface area contributed by atoms with Crippen LogP contribution in [0.25, 0.3) is 22.3 Å². The molecular weight excluding hydrogens is 466 g/mol. The molecule has 1 aromatic carbocycles. The molecule has 2 aliphatic rings. The van der Waals surface area contributed by atoms with Crippen molar-refractivity contribution in [3.63, 3.8) is 0 Å². The van der Waals surface area contributed by atoms with Crippen LogP contribution in [0.2, 0.25) is 0 Å². The van der Waals surface area contributed by atoms with Gasteiger partial charge in [-0.05, 0) is 68.6 Å². The first-order chi connectivity index (χ1) is 17.6. The summed E-state index contributed by atoms with van der Waals surface area (Å²) in [6.07, 6.45) is 6.84. The van der Waals surface area contributed by atoms with Gasteiger partial charge in [0.25, 0.3) is 0 Å². The van der Waals surface area contributed by atoms with Crippen molar-refractivity contribution in [2.45, 2.75) is 64.9 Å². The van der Waals surface area contributed by atoms with Crippen LogP contribution in [0.5, 0.6) is 0 Å². The van der Waals surface area contributed by atoms with Crippen molar-refractivity contribution >= 4 is 28.4 Å². The van der Waals surface area contributed by atoms with E-state index in [9.17, 15) is 9.59 Å². The maximum absolute atomic E-state index is 13.1. The Labute approximate surface area is 218 Å². The van der Waals surface area contributed by atoms with Gasteiger partial charge in [-0.3, -0.25) is 14.7 Å². The van der Waals surface area contributed by atoms with Crippen LogP contribution in [0.1, 0.15) is 57.2 Å². The van der Waals surface area contributed by atoms with Gasteiger partial charge in [0.1, 0.15) is 5.69 Å². The minimum atomic E-state index is -0.114. The highest BCUT2D eigenvalue weighted by Crippen LogP contribution is 2.38. The number of likely N-dealkylation sites (N-methyl/N-ethyl adjacent to an activating group) is 2. The molecule has 198 valence electrons. The molecule has 0 saturated heterocycles. The molecule has 0 bridgehead atoms. The van der Waals surface area contributed by atoms with E-state index in [2.05, 4.69) is 35.1 Å². The molecular formula is C29H39N5O3. The fraction of sp³-hybridized carbons (Fsp3) is 0.552. The fourth-order valence-electron chi connectivity index (χ4n) is 5.91. The highest BCUT2D eigenvalue weighted by molar-refractivity contribution is 5.98. The maximum Gasteiger partial charge on any atom is 0.246 e.